The van der Waals surface area contributed by atoms with Crippen LogP contribution in [-0.2, 0) is 11.2 Å². The van der Waals surface area contributed by atoms with Crippen LogP contribution in [0.25, 0.3) is 11.1 Å². The predicted molar refractivity (Wildman–Crippen MR) is 150 cm³/mol. The molecule has 2 amide bonds. The topological polar surface area (TPSA) is 85.1 Å². The first-order chi connectivity index (χ1) is 19.8. The van der Waals surface area contributed by atoms with Gasteiger partial charge in [0, 0.05) is 17.8 Å². The summed E-state index contributed by atoms with van der Waals surface area (Å²) in [6.07, 6.45) is 5.53. The molecule has 3 N–H and O–H groups in total. The number of rotatable bonds is 9. The number of amides is 2. The van der Waals surface area contributed by atoms with Crippen LogP contribution in [0.4, 0.5) is 13.2 Å². The predicted octanol–water partition coefficient (Wildman–Crippen LogP) is 6.64. The highest BCUT2D eigenvalue weighted by molar-refractivity contribution is 5.94. The molecule has 2 unspecified atom stereocenters. The van der Waals surface area contributed by atoms with Gasteiger partial charge in [-0.05, 0) is 72.2 Å². The summed E-state index contributed by atoms with van der Waals surface area (Å²) < 4.78 is 42.6. The van der Waals surface area contributed by atoms with E-state index in [1.807, 2.05) is 30.3 Å². The van der Waals surface area contributed by atoms with Gasteiger partial charge in [0.15, 0.2) is 0 Å². The number of nitrogens with zero attached hydrogens (tertiary/aromatic N) is 1. The van der Waals surface area contributed by atoms with Crippen molar-refractivity contribution >= 4 is 11.8 Å². The Bertz CT molecular complexity index is 1530. The maximum atomic E-state index is 14.3. The average molecular weight is 558 g/mol. The quantitative estimate of drug-likeness (QED) is 0.242. The van der Waals surface area contributed by atoms with Gasteiger partial charge in [-0.3, -0.25) is 14.6 Å². The molecule has 5 rings (SSSR count). The summed E-state index contributed by atoms with van der Waals surface area (Å²) in [7, 11) is 0. The van der Waals surface area contributed by atoms with Gasteiger partial charge >= 0.3 is 0 Å². The molecular formula is C33H30F3N3O2. The summed E-state index contributed by atoms with van der Waals surface area (Å²) in [5.41, 5.74) is 7.72. The number of carbonyl (C=O) groups excluding carboxylic acids is 2. The van der Waals surface area contributed by atoms with Crippen LogP contribution in [0.15, 0.2) is 85.1 Å². The molecule has 1 aromatic heterocycles. The maximum absolute atomic E-state index is 14.3. The second-order valence-electron chi connectivity index (χ2n) is 10.5. The lowest BCUT2D eigenvalue weighted by Gasteiger charge is -2.27. The van der Waals surface area contributed by atoms with Crippen molar-refractivity contribution in [3.8, 4) is 11.1 Å². The summed E-state index contributed by atoms with van der Waals surface area (Å²) in [4.78, 5) is 30.5. The Balaban J connectivity index is 1.58. The molecule has 1 saturated carbocycles. The number of primary amides is 1. The fourth-order valence-electron chi connectivity index (χ4n) is 5.85. The molecule has 0 aliphatic heterocycles. The van der Waals surface area contributed by atoms with Gasteiger partial charge < -0.3 is 11.1 Å². The van der Waals surface area contributed by atoms with Crippen LogP contribution < -0.4 is 11.1 Å². The van der Waals surface area contributed by atoms with Crippen molar-refractivity contribution in [2.24, 2.45) is 11.7 Å². The van der Waals surface area contributed by atoms with Crippen LogP contribution in [0.2, 0.25) is 0 Å². The Morgan fingerprint density at radius 2 is 1.61 bits per heavy atom. The summed E-state index contributed by atoms with van der Waals surface area (Å²) in [6, 6.07) is 19.4. The summed E-state index contributed by atoms with van der Waals surface area (Å²) in [5, 5.41) is 3.14. The molecule has 0 bridgehead atoms. The van der Waals surface area contributed by atoms with Crippen molar-refractivity contribution in [2.75, 3.05) is 0 Å². The second-order valence-corrected chi connectivity index (χ2v) is 10.5. The van der Waals surface area contributed by atoms with E-state index < -0.39 is 35.3 Å². The van der Waals surface area contributed by atoms with Gasteiger partial charge in [-0.25, -0.2) is 13.2 Å². The molecule has 1 fully saturated rings. The molecule has 1 heterocycles. The zero-order valence-corrected chi connectivity index (χ0v) is 22.3. The van der Waals surface area contributed by atoms with Crippen LogP contribution in [0.1, 0.15) is 64.8 Å². The van der Waals surface area contributed by atoms with Crippen LogP contribution in [0.3, 0.4) is 0 Å². The minimum Gasteiger partial charge on any atom is -0.366 e. The number of nitrogens with two attached hydrogens (primary N) is 1. The fraction of sp³-hybridized carbons (Fsp3) is 0.242. The van der Waals surface area contributed by atoms with Crippen molar-refractivity contribution in [3.05, 3.63) is 125 Å². The average Bonchev–Trinajstić information content (AvgIpc) is 3.47. The Morgan fingerprint density at radius 1 is 0.902 bits per heavy atom. The molecule has 4 aromatic rings. The molecule has 5 nitrogen and oxygen atoms in total. The third kappa shape index (κ3) is 6.48. The number of pyridine rings is 1. The maximum Gasteiger partial charge on any atom is 0.251 e. The first-order valence-corrected chi connectivity index (χ1v) is 13.6. The lowest BCUT2D eigenvalue weighted by molar-refractivity contribution is -0.124. The van der Waals surface area contributed by atoms with E-state index in [-0.39, 0.29) is 23.8 Å². The van der Waals surface area contributed by atoms with Crippen LogP contribution in [0.5, 0.6) is 0 Å². The Morgan fingerprint density at radius 3 is 2.29 bits per heavy atom. The van der Waals surface area contributed by atoms with Crippen LogP contribution in [-0.4, -0.2) is 16.8 Å². The fourth-order valence-corrected chi connectivity index (χ4v) is 5.85. The summed E-state index contributed by atoms with van der Waals surface area (Å²) >= 11 is 0. The van der Waals surface area contributed by atoms with E-state index in [1.165, 1.54) is 24.3 Å². The minimum atomic E-state index is -0.919. The number of carbonyl (C=O) groups is 2. The Labute approximate surface area is 236 Å². The molecule has 3 aromatic carbocycles. The van der Waals surface area contributed by atoms with E-state index in [0.717, 1.165) is 43.4 Å². The zero-order valence-electron chi connectivity index (χ0n) is 22.3. The minimum absolute atomic E-state index is 0.0421. The van der Waals surface area contributed by atoms with Crippen molar-refractivity contribution in [3.63, 3.8) is 0 Å². The molecule has 0 spiro atoms. The number of hydrogen-bond acceptors (Lipinski definition) is 3. The first kappa shape index (κ1) is 28.1. The van der Waals surface area contributed by atoms with Gasteiger partial charge in [-0.1, -0.05) is 55.3 Å². The third-order valence-corrected chi connectivity index (χ3v) is 7.70. The van der Waals surface area contributed by atoms with Gasteiger partial charge in [-0.15, -0.1) is 0 Å². The van der Waals surface area contributed by atoms with Crippen molar-refractivity contribution in [1.29, 1.82) is 0 Å². The van der Waals surface area contributed by atoms with Gasteiger partial charge in [0.05, 0.1) is 23.2 Å². The first-order valence-electron chi connectivity index (χ1n) is 13.6. The highest BCUT2D eigenvalue weighted by Crippen LogP contribution is 2.38. The van der Waals surface area contributed by atoms with E-state index in [2.05, 4.69) is 10.3 Å². The lowest BCUT2D eigenvalue weighted by atomic mass is 9.83. The van der Waals surface area contributed by atoms with Gasteiger partial charge in [0.1, 0.15) is 17.5 Å². The number of nitrogens with one attached hydrogen (secondary N) is 1. The molecule has 0 radical (unpaired) electrons. The second kappa shape index (κ2) is 12.4. The van der Waals surface area contributed by atoms with Gasteiger partial charge in [-0.2, -0.15) is 0 Å². The molecule has 1 aliphatic carbocycles. The van der Waals surface area contributed by atoms with Crippen LogP contribution in [0, 0.1) is 23.4 Å². The van der Waals surface area contributed by atoms with Gasteiger partial charge in [0.2, 0.25) is 5.91 Å². The monoisotopic (exact) mass is 557 g/mol. The summed E-state index contributed by atoms with van der Waals surface area (Å²) in [5.74, 6) is -3.61. The number of aromatic nitrogens is 1. The Hall–Kier alpha value is -4.46. The summed E-state index contributed by atoms with van der Waals surface area (Å²) in [6.45, 7) is 0. The SMILES string of the molecule is NC(=O)c1cc(-c2cccnc2C(Cc2cc(F)cc(F)c2)NC(=O)C(c2ccccc2)C2CCCC2)ccc1F. The third-order valence-electron chi connectivity index (χ3n) is 7.70. The zero-order chi connectivity index (χ0) is 28.9. The number of benzene rings is 3. The number of halogens is 3. The molecule has 2 atom stereocenters. The van der Waals surface area contributed by atoms with E-state index in [1.54, 1.807) is 18.3 Å². The van der Waals surface area contributed by atoms with E-state index >= 15 is 0 Å². The van der Waals surface area contributed by atoms with E-state index in [9.17, 15) is 22.8 Å². The van der Waals surface area contributed by atoms with Crippen molar-refractivity contribution in [2.45, 2.75) is 44.1 Å². The van der Waals surface area contributed by atoms with E-state index in [0.29, 0.717) is 22.4 Å². The smallest absolute Gasteiger partial charge is 0.251 e. The lowest BCUT2D eigenvalue weighted by Crippen LogP contribution is -2.37. The standard InChI is InChI=1S/C33H30F3N3O2/c34-24-15-20(16-25(35)19-24)17-29(39-33(41)30(22-9-4-5-10-22)21-7-2-1-3-8-21)31-26(11-6-14-38-31)23-12-13-28(36)27(18-23)32(37)40/h1-3,6-8,11-16,18-19,22,29-30H,4-5,9-10,17H2,(H2,37,40)(H,39,41). The molecule has 0 saturated heterocycles. The highest BCUT2D eigenvalue weighted by atomic mass is 19.1. The van der Waals surface area contributed by atoms with Crippen molar-refractivity contribution in [1.82, 2.24) is 10.3 Å². The largest absolute Gasteiger partial charge is 0.366 e. The molecule has 8 heteroatoms. The Kier molecular flexibility index (Phi) is 8.47. The van der Waals surface area contributed by atoms with E-state index in [4.69, 9.17) is 5.73 Å². The molecule has 210 valence electrons. The van der Waals surface area contributed by atoms with Crippen molar-refractivity contribution < 1.29 is 22.8 Å². The molecule has 41 heavy (non-hydrogen) atoms. The number of hydrogen-bond donors (Lipinski definition) is 2. The highest BCUT2D eigenvalue weighted by Gasteiger charge is 2.34. The molecular weight excluding hydrogens is 527 g/mol. The van der Waals surface area contributed by atoms with Gasteiger partial charge in [0.25, 0.3) is 5.91 Å². The van der Waals surface area contributed by atoms with Crippen LogP contribution >= 0.6 is 0 Å². The normalized spacial score (nSPS) is 14.9. The molecule has 1 aliphatic rings.